The molecule has 1 aromatic heterocycles. The topological polar surface area (TPSA) is 26.4 Å². The van der Waals surface area contributed by atoms with Gasteiger partial charge in [0.05, 0.1) is 16.8 Å². The van der Waals surface area contributed by atoms with E-state index in [2.05, 4.69) is 0 Å². The number of aromatic nitrogens is 1. The molecule has 4 nitrogen and oxygen atoms in total. The molecule has 0 spiro atoms. The van der Waals surface area contributed by atoms with Gasteiger partial charge in [-0.1, -0.05) is 24.3 Å². The number of rotatable bonds is 2. The second kappa shape index (κ2) is 6.30. The van der Waals surface area contributed by atoms with Gasteiger partial charge in [0.2, 0.25) is 0 Å². The Morgan fingerprint density at radius 1 is 0.903 bits per heavy atom. The van der Waals surface area contributed by atoms with Crippen molar-refractivity contribution in [2.24, 2.45) is 0 Å². The van der Waals surface area contributed by atoms with Gasteiger partial charge in [0.25, 0.3) is 0 Å². The summed E-state index contributed by atoms with van der Waals surface area (Å²) in [4.78, 5) is 0. The maximum absolute atomic E-state index is 15.4. The van der Waals surface area contributed by atoms with Crippen molar-refractivity contribution in [3.05, 3.63) is 71.2 Å². The van der Waals surface area contributed by atoms with Gasteiger partial charge < -0.3 is 26.9 Å². The average Bonchev–Trinajstić information content (AvgIpc) is 3.31. The van der Waals surface area contributed by atoms with Crippen LogP contribution in [0, 0.1) is 6.92 Å². The molecule has 0 atom stereocenters. The highest BCUT2D eigenvalue weighted by atomic mass is 19.2. The molecule has 1 aromatic carbocycles. The van der Waals surface area contributed by atoms with E-state index >= 15 is 8.63 Å². The minimum atomic E-state index is -3.93. The molecule has 0 unspecified atom stereocenters. The van der Waals surface area contributed by atoms with Crippen LogP contribution in [-0.2, 0) is 9.31 Å². The van der Waals surface area contributed by atoms with Crippen LogP contribution in [0.25, 0.3) is 5.57 Å². The number of hydrogen-bond donors (Lipinski definition) is 0. The summed E-state index contributed by atoms with van der Waals surface area (Å²) in [6.07, 6.45) is 3.54. The molecule has 0 saturated carbocycles. The Morgan fingerprint density at radius 3 is 2.13 bits per heavy atom. The summed E-state index contributed by atoms with van der Waals surface area (Å²) in [6.45, 7) is 7.60. The van der Waals surface area contributed by atoms with Crippen molar-refractivity contribution >= 4 is 30.8 Å². The van der Waals surface area contributed by atoms with Crippen molar-refractivity contribution in [2.75, 3.05) is 0 Å². The van der Waals surface area contributed by atoms with E-state index in [1.807, 2.05) is 52.0 Å². The van der Waals surface area contributed by atoms with Crippen LogP contribution >= 0.6 is 0 Å². The van der Waals surface area contributed by atoms with Crippen LogP contribution in [0.1, 0.15) is 51.6 Å². The Balaban J connectivity index is 1.60. The van der Waals surface area contributed by atoms with E-state index in [1.54, 1.807) is 38.1 Å². The first-order chi connectivity index (χ1) is 14.4. The van der Waals surface area contributed by atoms with E-state index in [4.69, 9.17) is 9.31 Å². The molecule has 2 aromatic rings. The van der Waals surface area contributed by atoms with Gasteiger partial charge in [-0.2, -0.15) is 0 Å². The Morgan fingerprint density at radius 2 is 1.52 bits per heavy atom. The molecule has 3 aliphatic rings. The molecule has 4 heterocycles. The lowest BCUT2D eigenvalue weighted by molar-refractivity contribution is -0.362. The summed E-state index contributed by atoms with van der Waals surface area (Å²) >= 11 is 0. The van der Waals surface area contributed by atoms with Gasteiger partial charge in [0, 0.05) is 24.8 Å². The van der Waals surface area contributed by atoms with Gasteiger partial charge in [0.1, 0.15) is 5.71 Å². The molecule has 0 N–H and O–H groups in total. The van der Waals surface area contributed by atoms with Gasteiger partial charge >= 0.3 is 14.1 Å². The van der Waals surface area contributed by atoms with Crippen LogP contribution < -0.4 is 5.46 Å². The van der Waals surface area contributed by atoms with Crippen molar-refractivity contribution in [2.45, 2.75) is 52.7 Å². The van der Waals surface area contributed by atoms with E-state index < -0.39 is 25.3 Å². The van der Waals surface area contributed by atoms with Gasteiger partial charge in [-0.25, -0.2) is 0 Å². The monoisotopic (exact) mass is 422 g/mol. The van der Waals surface area contributed by atoms with Crippen LogP contribution in [0.3, 0.4) is 0 Å². The SMILES string of the molecule is CC1=[N+]2C(=C(c3ccc(B4OC(C)(C)C(C)(C)O4)cc3)c3ccc(C)n3[B-]2(F)F)C=C1. The Kier molecular flexibility index (Phi) is 4.16. The lowest BCUT2D eigenvalue weighted by atomic mass is 9.78. The fourth-order valence-electron chi connectivity index (χ4n) is 4.66. The third kappa shape index (κ3) is 2.77. The first-order valence-electron chi connectivity index (χ1n) is 10.7. The molecule has 0 aliphatic carbocycles. The number of fused-ring (bicyclic) bond motifs is 2. The molecule has 1 fully saturated rings. The van der Waals surface area contributed by atoms with Crippen molar-refractivity contribution in [3.8, 4) is 0 Å². The van der Waals surface area contributed by atoms with Crippen molar-refractivity contribution < 1.29 is 22.4 Å². The highest BCUT2D eigenvalue weighted by Gasteiger charge is 2.54. The first-order valence-corrected chi connectivity index (χ1v) is 10.7. The maximum atomic E-state index is 15.4. The van der Waals surface area contributed by atoms with Gasteiger partial charge in [-0.15, -0.1) is 0 Å². The summed E-state index contributed by atoms with van der Waals surface area (Å²) in [5, 5.41) is 0. The molecule has 0 bridgehead atoms. The predicted octanol–water partition coefficient (Wildman–Crippen LogP) is 4.13. The third-order valence-corrected chi connectivity index (χ3v) is 7.10. The summed E-state index contributed by atoms with van der Waals surface area (Å²) < 4.78 is 45.5. The number of hydrogen-bond acceptors (Lipinski definition) is 2. The first kappa shape index (κ1) is 20.5. The Hall–Kier alpha value is -2.44. The third-order valence-electron chi connectivity index (χ3n) is 7.10. The molecular formula is C23H26B2F2N2O2. The lowest BCUT2D eigenvalue weighted by Gasteiger charge is -2.33. The zero-order valence-electron chi connectivity index (χ0n) is 18.7. The van der Waals surface area contributed by atoms with E-state index in [0.717, 1.165) is 16.6 Å². The molecule has 3 aliphatic heterocycles. The fraction of sp³-hybridized carbons (Fsp3) is 0.348. The standard InChI is InChI=1S/C23H26B2F2N2O2/c1-15-7-13-19-21(20-14-8-16(2)29(20)25(26,27)28(15)19)17-9-11-18(12-10-17)24-30-22(3,4)23(5,6)31-24/h7-14H,1-6H3. The van der Waals surface area contributed by atoms with E-state index in [-0.39, 0.29) is 0 Å². The van der Waals surface area contributed by atoms with Crippen LogP contribution in [0.4, 0.5) is 8.63 Å². The zero-order chi connectivity index (χ0) is 22.3. The summed E-state index contributed by atoms with van der Waals surface area (Å²) in [5.74, 6) is 0. The summed E-state index contributed by atoms with van der Waals surface area (Å²) in [7, 11) is -0.458. The molecule has 5 rings (SSSR count). The molecule has 8 heteroatoms. The van der Waals surface area contributed by atoms with E-state index in [0.29, 0.717) is 22.8 Å². The van der Waals surface area contributed by atoms with Crippen molar-refractivity contribution in [1.29, 1.82) is 0 Å². The van der Waals surface area contributed by atoms with Gasteiger partial charge in [-0.3, -0.25) is 0 Å². The van der Waals surface area contributed by atoms with Crippen molar-refractivity contribution in [1.82, 2.24) is 4.48 Å². The van der Waals surface area contributed by atoms with Crippen LogP contribution in [-0.4, -0.2) is 40.0 Å². The average molecular weight is 422 g/mol. The van der Waals surface area contributed by atoms with Crippen LogP contribution in [0.2, 0.25) is 0 Å². The molecule has 0 radical (unpaired) electrons. The normalized spacial score (nSPS) is 22.9. The van der Waals surface area contributed by atoms with Crippen molar-refractivity contribution in [3.63, 3.8) is 0 Å². The summed E-state index contributed by atoms with van der Waals surface area (Å²) in [6, 6.07) is 11.4. The molecule has 1 saturated heterocycles. The van der Waals surface area contributed by atoms with Gasteiger partial charge in [-0.05, 0) is 63.5 Å². The minimum Gasteiger partial charge on any atom is -0.399 e. The highest BCUT2D eigenvalue weighted by molar-refractivity contribution is 6.62. The summed E-state index contributed by atoms with van der Waals surface area (Å²) in [5.41, 5.74) is 3.92. The second-order valence-electron chi connectivity index (χ2n) is 9.63. The Labute approximate surface area is 182 Å². The van der Waals surface area contributed by atoms with Gasteiger partial charge in [0.15, 0.2) is 5.70 Å². The number of nitrogens with zero attached hydrogens (tertiary/aromatic N) is 2. The maximum Gasteiger partial charge on any atom is 0.737 e. The van der Waals surface area contributed by atoms with E-state index in [9.17, 15) is 0 Å². The Bertz CT molecular complexity index is 1170. The minimum absolute atomic E-state index is 0.418. The second-order valence-corrected chi connectivity index (χ2v) is 9.63. The predicted molar refractivity (Wildman–Crippen MR) is 121 cm³/mol. The molecule has 160 valence electrons. The quantitative estimate of drug-likeness (QED) is 0.681. The molecule has 0 amide bonds. The molecular weight excluding hydrogens is 396 g/mol. The number of benzene rings is 1. The van der Waals surface area contributed by atoms with E-state index in [1.165, 1.54) is 8.96 Å². The fourth-order valence-corrected chi connectivity index (χ4v) is 4.66. The highest BCUT2D eigenvalue weighted by Crippen LogP contribution is 2.40. The zero-order valence-corrected chi connectivity index (χ0v) is 18.7. The number of aryl methyl sites for hydroxylation is 1. The molecule has 31 heavy (non-hydrogen) atoms. The smallest absolute Gasteiger partial charge is 0.399 e. The largest absolute Gasteiger partial charge is 0.737 e. The van der Waals surface area contributed by atoms with Crippen LogP contribution in [0.5, 0.6) is 0 Å². The number of halogens is 2. The van der Waals surface area contributed by atoms with Crippen LogP contribution in [0.15, 0.2) is 54.2 Å². The lowest BCUT2D eigenvalue weighted by Crippen LogP contribution is -2.51. The number of allylic oxidation sites excluding steroid dienone is 2.